The molecule has 0 saturated heterocycles. The standard InChI is InChI=1S/C14H9ClN4OS3/c1-6-5-21-12-10(6)13(17-7(2)16-12)23-14-19-18-11(20-14)8-3-4-9(15)22-8/h3-5H,1-2H3. The van der Waals surface area contributed by atoms with Crippen molar-refractivity contribution in [2.45, 2.75) is 24.1 Å². The fraction of sp³-hybridized carbons (Fsp3) is 0.143. The van der Waals surface area contributed by atoms with Gasteiger partial charge in [-0.15, -0.1) is 32.9 Å². The third-order valence-electron chi connectivity index (χ3n) is 3.07. The lowest BCUT2D eigenvalue weighted by Gasteiger charge is -2.01. The van der Waals surface area contributed by atoms with Crippen LogP contribution in [-0.4, -0.2) is 20.2 Å². The minimum absolute atomic E-state index is 0.453. The second-order valence-electron chi connectivity index (χ2n) is 4.75. The maximum atomic E-state index is 5.94. The summed E-state index contributed by atoms with van der Waals surface area (Å²) in [4.78, 5) is 10.8. The first-order valence-corrected chi connectivity index (χ1v) is 9.49. The van der Waals surface area contributed by atoms with Crippen LogP contribution in [0.4, 0.5) is 0 Å². The first-order chi connectivity index (χ1) is 11.1. The lowest BCUT2D eigenvalue weighted by Crippen LogP contribution is -1.91. The number of nitrogens with zero attached hydrogens (tertiary/aromatic N) is 4. The van der Waals surface area contributed by atoms with Gasteiger partial charge in [0.2, 0.25) is 0 Å². The van der Waals surface area contributed by atoms with E-state index in [4.69, 9.17) is 16.0 Å². The van der Waals surface area contributed by atoms with Crippen molar-refractivity contribution in [1.29, 1.82) is 0 Å². The predicted molar refractivity (Wildman–Crippen MR) is 93.6 cm³/mol. The quantitative estimate of drug-likeness (QED) is 0.454. The molecule has 4 heterocycles. The maximum Gasteiger partial charge on any atom is 0.283 e. The van der Waals surface area contributed by atoms with Crippen LogP contribution in [0.3, 0.4) is 0 Å². The summed E-state index contributed by atoms with van der Waals surface area (Å²) >= 11 is 10.3. The average molecular weight is 381 g/mol. The molecule has 4 aromatic heterocycles. The summed E-state index contributed by atoms with van der Waals surface area (Å²) in [6.45, 7) is 3.93. The molecular weight excluding hydrogens is 372 g/mol. The molecule has 4 rings (SSSR count). The van der Waals surface area contributed by atoms with Crippen LogP contribution >= 0.6 is 46.0 Å². The number of fused-ring (bicyclic) bond motifs is 1. The van der Waals surface area contributed by atoms with Crippen LogP contribution in [0.1, 0.15) is 11.4 Å². The van der Waals surface area contributed by atoms with Gasteiger partial charge >= 0.3 is 0 Å². The number of thiophene rings is 2. The van der Waals surface area contributed by atoms with E-state index in [0.29, 0.717) is 15.4 Å². The van der Waals surface area contributed by atoms with Crippen molar-refractivity contribution in [2.75, 3.05) is 0 Å². The Morgan fingerprint density at radius 3 is 2.83 bits per heavy atom. The van der Waals surface area contributed by atoms with Gasteiger partial charge in [0.1, 0.15) is 15.7 Å². The molecule has 0 saturated carbocycles. The first kappa shape index (κ1) is 15.1. The van der Waals surface area contributed by atoms with E-state index < -0.39 is 0 Å². The van der Waals surface area contributed by atoms with Gasteiger partial charge in [0.15, 0.2) is 0 Å². The molecule has 0 aliphatic carbocycles. The summed E-state index contributed by atoms with van der Waals surface area (Å²) in [7, 11) is 0. The van der Waals surface area contributed by atoms with Crippen molar-refractivity contribution in [3.8, 4) is 10.8 Å². The molecule has 0 N–H and O–H groups in total. The highest BCUT2D eigenvalue weighted by molar-refractivity contribution is 7.99. The summed E-state index contributed by atoms with van der Waals surface area (Å²) in [6, 6.07) is 3.68. The van der Waals surface area contributed by atoms with Gasteiger partial charge < -0.3 is 4.42 Å². The number of aromatic nitrogens is 4. The maximum absolute atomic E-state index is 5.94. The van der Waals surface area contributed by atoms with E-state index in [0.717, 1.165) is 31.5 Å². The molecule has 0 aliphatic heterocycles. The molecule has 5 nitrogen and oxygen atoms in total. The molecule has 0 fully saturated rings. The molecule has 0 spiro atoms. The summed E-state index contributed by atoms with van der Waals surface area (Å²) in [6.07, 6.45) is 0. The van der Waals surface area contributed by atoms with Gasteiger partial charge in [0, 0.05) is 5.39 Å². The average Bonchev–Trinajstić information content (AvgIpc) is 3.20. The zero-order valence-corrected chi connectivity index (χ0v) is 15.2. The van der Waals surface area contributed by atoms with E-state index in [-0.39, 0.29) is 0 Å². The summed E-state index contributed by atoms with van der Waals surface area (Å²) < 4.78 is 6.42. The van der Waals surface area contributed by atoms with Crippen LogP contribution in [0.15, 0.2) is 32.2 Å². The van der Waals surface area contributed by atoms with E-state index in [2.05, 4.69) is 32.5 Å². The number of aryl methyl sites for hydroxylation is 2. The van der Waals surface area contributed by atoms with Crippen molar-refractivity contribution in [2.24, 2.45) is 0 Å². The fourth-order valence-corrected chi connectivity index (χ4v) is 4.99. The Bertz CT molecular complexity index is 1010. The molecule has 116 valence electrons. The Hall–Kier alpha value is -1.48. The predicted octanol–water partition coefficient (Wildman–Crippen LogP) is 5.22. The second-order valence-corrected chi connectivity index (χ2v) is 8.27. The smallest absolute Gasteiger partial charge is 0.283 e. The summed E-state index contributed by atoms with van der Waals surface area (Å²) in [5.74, 6) is 1.19. The van der Waals surface area contributed by atoms with Gasteiger partial charge in [-0.25, -0.2) is 9.97 Å². The molecular formula is C14H9ClN4OS3. The van der Waals surface area contributed by atoms with Crippen LogP contribution < -0.4 is 0 Å². The number of halogens is 1. The van der Waals surface area contributed by atoms with Gasteiger partial charge in [-0.3, -0.25) is 0 Å². The summed E-state index contributed by atoms with van der Waals surface area (Å²) in [5.41, 5.74) is 1.15. The Kier molecular flexibility index (Phi) is 3.84. The monoisotopic (exact) mass is 380 g/mol. The van der Waals surface area contributed by atoms with Crippen LogP contribution in [-0.2, 0) is 0 Å². The molecule has 0 radical (unpaired) electrons. The highest BCUT2D eigenvalue weighted by atomic mass is 35.5. The van der Waals surface area contributed by atoms with E-state index in [9.17, 15) is 0 Å². The second kappa shape index (κ2) is 5.86. The zero-order valence-electron chi connectivity index (χ0n) is 12.0. The number of hydrogen-bond acceptors (Lipinski definition) is 8. The van der Waals surface area contributed by atoms with Crippen LogP contribution in [0.25, 0.3) is 21.0 Å². The van der Waals surface area contributed by atoms with Crippen molar-refractivity contribution in [3.05, 3.63) is 33.2 Å². The zero-order chi connectivity index (χ0) is 16.0. The molecule has 23 heavy (non-hydrogen) atoms. The van der Waals surface area contributed by atoms with Gasteiger partial charge in [-0.2, -0.15) is 0 Å². The fourth-order valence-electron chi connectivity index (χ4n) is 2.08. The van der Waals surface area contributed by atoms with E-state index in [1.54, 1.807) is 11.3 Å². The van der Waals surface area contributed by atoms with Gasteiger partial charge in [-0.05, 0) is 48.7 Å². The van der Waals surface area contributed by atoms with E-state index in [1.165, 1.54) is 23.1 Å². The molecule has 4 aromatic rings. The highest BCUT2D eigenvalue weighted by Gasteiger charge is 2.16. The Balaban J connectivity index is 1.71. The molecule has 0 amide bonds. The largest absolute Gasteiger partial charge is 0.410 e. The minimum atomic E-state index is 0.453. The van der Waals surface area contributed by atoms with E-state index in [1.807, 2.05) is 19.1 Å². The van der Waals surface area contributed by atoms with Crippen LogP contribution in [0.2, 0.25) is 4.34 Å². The molecule has 9 heteroatoms. The SMILES string of the molecule is Cc1nc(Sc2nnc(-c3ccc(Cl)s3)o2)c2c(C)csc2n1. The van der Waals surface area contributed by atoms with Crippen LogP contribution in [0.5, 0.6) is 0 Å². The Morgan fingerprint density at radius 1 is 1.17 bits per heavy atom. The Morgan fingerprint density at radius 2 is 2.04 bits per heavy atom. The van der Waals surface area contributed by atoms with E-state index >= 15 is 0 Å². The van der Waals surface area contributed by atoms with Gasteiger partial charge in [-0.1, -0.05) is 11.6 Å². The van der Waals surface area contributed by atoms with Gasteiger partial charge in [0.25, 0.3) is 11.1 Å². The number of hydrogen-bond donors (Lipinski definition) is 0. The third-order valence-corrected chi connectivity index (χ3v) is 6.11. The molecule has 0 aliphatic rings. The lowest BCUT2D eigenvalue weighted by atomic mass is 10.3. The minimum Gasteiger partial charge on any atom is -0.410 e. The normalized spacial score (nSPS) is 11.4. The topological polar surface area (TPSA) is 64.7 Å². The third kappa shape index (κ3) is 2.87. The van der Waals surface area contributed by atoms with Crippen LogP contribution in [0, 0.1) is 13.8 Å². The van der Waals surface area contributed by atoms with Crippen molar-refractivity contribution < 1.29 is 4.42 Å². The van der Waals surface area contributed by atoms with Crippen molar-refractivity contribution in [3.63, 3.8) is 0 Å². The van der Waals surface area contributed by atoms with Gasteiger partial charge in [0.05, 0.1) is 9.21 Å². The highest BCUT2D eigenvalue weighted by Crippen LogP contribution is 2.37. The number of rotatable bonds is 3. The lowest BCUT2D eigenvalue weighted by molar-refractivity contribution is 0.466. The molecule has 0 bridgehead atoms. The molecule has 0 atom stereocenters. The molecule has 0 unspecified atom stereocenters. The Labute approximate surface area is 148 Å². The first-order valence-electron chi connectivity index (χ1n) is 6.59. The van der Waals surface area contributed by atoms with Crippen molar-refractivity contribution in [1.82, 2.24) is 20.2 Å². The molecule has 0 aromatic carbocycles. The van der Waals surface area contributed by atoms with Crippen molar-refractivity contribution >= 4 is 56.3 Å². The summed E-state index contributed by atoms with van der Waals surface area (Å²) in [5, 5.41) is 12.6.